The van der Waals surface area contributed by atoms with Gasteiger partial charge in [0.1, 0.15) is 0 Å². The van der Waals surface area contributed by atoms with E-state index in [1.165, 1.54) is 19.0 Å². The number of rotatable bonds is 4. The Labute approximate surface area is 114 Å². The predicted molar refractivity (Wildman–Crippen MR) is 76.0 cm³/mol. The highest BCUT2D eigenvalue weighted by Gasteiger charge is 2.24. The second-order valence-corrected chi connectivity index (χ2v) is 5.42. The quantitative estimate of drug-likeness (QED) is 0.909. The van der Waals surface area contributed by atoms with Crippen LogP contribution < -0.4 is 10.2 Å². The average molecular weight is 266 g/mol. The lowest BCUT2D eigenvalue weighted by molar-refractivity contribution is 0.338. The number of anilines is 2. The van der Waals surface area contributed by atoms with Crippen molar-refractivity contribution in [2.45, 2.75) is 45.6 Å². The fraction of sp³-hybridized carbons (Fsp3) is 0.714. The van der Waals surface area contributed by atoms with Gasteiger partial charge >= 0.3 is 0 Å². The second kappa shape index (κ2) is 6.17. The topological polar surface area (TPSA) is 41.1 Å². The van der Waals surface area contributed by atoms with E-state index in [0.29, 0.717) is 17.8 Å². The summed E-state index contributed by atoms with van der Waals surface area (Å²) in [6.07, 6.45) is 5.89. The zero-order valence-electron chi connectivity index (χ0n) is 12.0. The zero-order chi connectivity index (χ0) is 13.8. The SMILES string of the molecule is CCNc1ncc(F)c(N(C)C2CCC(C)CC2)n1. The molecule has 0 amide bonds. The van der Waals surface area contributed by atoms with Crippen LogP contribution in [0, 0.1) is 11.7 Å². The highest BCUT2D eigenvalue weighted by Crippen LogP contribution is 2.29. The lowest BCUT2D eigenvalue weighted by atomic mass is 9.87. The van der Waals surface area contributed by atoms with E-state index in [4.69, 9.17) is 0 Å². The Morgan fingerprint density at radius 3 is 2.68 bits per heavy atom. The molecule has 0 aromatic carbocycles. The van der Waals surface area contributed by atoms with Crippen LogP contribution >= 0.6 is 0 Å². The van der Waals surface area contributed by atoms with E-state index < -0.39 is 0 Å². The van der Waals surface area contributed by atoms with Crippen LogP contribution in [0.1, 0.15) is 39.5 Å². The molecule has 1 aromatic heterocycles. The molecule has 0 spiro atoms. The summed E-state index contributed by atoms with van der Waals surface area (Å²) in [5, 5.41) is 3.02. The third-order valence-electron chi connectivity index (χ3n) is 3.93. The summed E-state index contributed by atoms with van der Waals surface area (Å²) >= 11 is 0. The van der Waals surface area contributed by atoms with Gasteiger partial charge in [0.15, 0.2) is 11.6 Å². The number of aromatic nitrogens is 2. The van der Waals surface area contributed by atoms with Gasteiger partial charge in [0.05, 0.1) is 6.20 Å². The molecule has 0 atom stereocenters. The maximum atomic E-state index is 13.9. The maximum absolute atomic E-state index is 13.9. The molecule has 1 heterocycles. The van der Waals surface area contributed by atoms with Gasteiger partial charge in [-0.1, -0.05) is 6.92 Å². The number of hydrogen-bond donors (Lipinski definition) is 1. The van der Waals surface area contributed by atoms with E-state index in [1.807, 2.05) is 18.9 Å². The normalized spacial score (nSPS) is 23.2. The second-order valence-electron chi connectivity index (χ2n) is 5.42. The largest absolute Gasteiger partial charge is 0.354 e. The molecule has 19 heavy (non-hydrogen) atoms. The Hall–Kier alpha value is -1.39. The molecule has 0 bridgehead atoms. The fourth-order valence-electron chi connectivity index (χ4n) is 2.65. The molecular formula is C14H23FN4. The van der Waals surface area contributed by atoms with Gasteiger partial charge in [-0.3, -0.25) is 0 Å². The van der Waals surface area contributed by atoms with Crippen LogP contribution in [-0.4, -0.2) is 29.6 Å². The number of hydrogen-bond acceptors (Lipinski definition) is 4. The molecule has 0 unspecified atom stereocenters. The summed E-state index contributed by atoms with van der Waals surface area (Å²) < 4.78 is 13.9. The van der Waals surface area contributed by atoms with E-state index in [-0.39, 0.29) is 5.82 Å². The van der Waals surface area contributed by atoms with Crippen molar-refractivity contribution < 1.29 is 4.39 Å². The number of halogens is 1. The van der Waals surface area contributed by atoms with Crippen LogP contribution in [0.15, 0.2) is 6.20 Å². The first-order valence-corrected chi connectivity index (χ1v) is 7.11. The number of nitrogens with one attached hydrogen (secondary N) is 1. The van der Waals surface area contributed by atoms with Crippen molar-refractivity contribution in [3.05, 3.63) is 12.0 Å². The Bertz CT molecular complexity index is 416. The van der Waals surface area contributed by atoms with Crippen molar-refractivity contribution in [2.24, 2.45) is 5.92 Å². The average Bonchev–Trinajstić information content (AvgIpc) is 2.41. The monoisotopic (exact) mass is 266 g/mol. The van der Waals surface area contributed by atoms with Crippen LogP contribution in [0.2, 0.25) is 0 Å². The highest BCUT2D eigenvalue weighted by atomic mass is 19.1. The minimum Gasteiger partial charge on any atom is -0.354 e. The molecule has 1 fully saturated rings. The van der Waals surface area contributed by atoms with Crippen LogP contribution in [0.5, 0.6) is 0 Å². The molecule has 1 aliphatic rings. The van der Waals surface area contributed by atoms with Crippen LogP contribution in [0.3, 0.4) is 0 Å². The third kappa shape index (κ3) is 3.33. The van der Waals surface area contributed by atoms with Gasteiger partial charge in [0.25, 0.3) is 0 Å². The first kappa shape index (κ1) is 14.0. The first-order valence-electron chi connectivity index (χ1n) is 7.11. The van der Waals surface area contributed by atoms with E-state index in [0.717, 1.165) is 25.3 Å². The molecule has 1 saturated carbocycles. The summed E-state index contributed by atoms with van der Waals surface area (Å²) in [5.74, 6) is 1.35. The van der Waals surface area contributed by atoms with Crippen molar-refractivity contribution in [1.82, 2.24) is 9.97 Å². The summed E-state index contributed by atoms with van der Waals surface area (Å²) in [6.45, 7) is 4.99. The Morgan fingerprint density at radius 1 is 1.37 bits per heavy atom. The van der Waals surface area contributed by atoms with Crippen LogP contribution in [0.25, 0.3) is 0 Å². The van der Waals surface area contributed by atoms with E-state index in [2.05, 4.69) is 22.2 Å². The Kier molecular flexibility index (Phi) is 4.56. The summed E-state index contributed by atoms with van der Waals surface area (Å²) in [4.78, 5) is 10.2. The maximum Gasteiger partial charge on any atom is 0.224 e. The van der Waals surface area contributed by atoms with Gasteiger partial charge in [-0.25, -0.2) is 9.37 Å². The molecule has 0 aliphatic heterocycles. The molecule has 1 aliphatic carbocycles. The molecule has 4 nitrogen and oxygen atoms in total. The minimum absolute atomic E-state index is 0.345. The van der Waals surface area contributed by atoms with Crippen molar-refractivity contribution in [1.29, 1.82) is 0 Å². The van der Waals surface area contributed by atoms with E-state index in [1.54, 1.807) is 0 Å². The van der Waals surface area contributed by atoms with Crippen LogP contribution in [-0.2, 0) is 0 Å². The van der Waals surface area contributed by atoms with Crippen LogP contribution in [0.4, 0.5) is 16.2 Å². The Morgan fingerprint density at radius 2 is 2.05 bits per heavy atom. The number of nitrogens with zero attached hydrogens (tertiary/aromatic N) is 3. The fourth-order valence-corrected chi connectivity index (χ4v) is 2.65. The van der Waals surface area contributed by atoms with Crippen molar-refractivity contribution in [3.8, 4) is 0 Å². The van der Waals surface area contributed by atoms with Gasteiger partial charge < -0.3 is 10.2 Å². The lowest BCUT2D eigenvalue weighted by Gasteiger charge is -2.34. The third-order valence-corrected chi connectivity index (χ3v) is 3.93. The predicted octanol–water partition coefficient (Wildman–Crippen LogP) is 3.06. The van der Waals surface area contributed by atoms with E-state index in [9.17, 15) is 4.39 Å². The van der Waals surface area contributed by atoms with Gasteiger partial charge in [-0.15, -0.1) is 0 Å². The van der Waals surface area contributed by atoms with Crippen molar-refractivity contribution >= 4 is 11.8 Å². The molecule has 1 N–H and O–H groups in total. The van der Waals surface area contributed by atoms with Crippen molar-refractivity contribution in [3.63, 3.8) is 0 Å². The molecule has 2 rings (SSSR count). The molecule has 1 aromatic rings. The van der Waals surface area contributed by atoms with Gasteiger partial charge in [0.2, 0.25) is 5.95 Å². The molecule has 0 saturated heterocycles. The van der Waals surface area contributed by atoms with E-state index >= 15 is 0 Å². The summed E-state index contributed by atoms with van der Waals surface area (Å²) in [5.41, 5.74) is 0. The van der Waals surface area contributed by atoms with Gasteiger partial charge in [0, 0.05) is 19.6 Å². The van der Waals surface area contributed by atoms with Gasteiger partial charge in [-0.2, -0.15) is 4.98 Å². The zero-order valence-corrected chi connectivity index (χ0v) is 12.0. The summed E-state index contributed by atoms with van der Waals surface area (Å²) in [6, 6.07) is 0.384. The molecule has 106 valence electrons. The lowest BCUT2D eigenvalue weighted by Crippen LogP contribution is -2.36. The Balaban J connectivity index is 2.13. The first-order chi connectivity index (χ1) is 9.11. The standard InChI is InChI=1S/C14H23FN4/c1-4-16-14-17-9-12(15)13(18-14)19(3)11-7-5-10(2)6-8-11/h9-11H,4-8H2,1-3H3,(H,16,17,18). The molecule has 0 radical (unpaired) electrons. The highest BCUT2D eigenvalue weighted by molar-refractivity contribution is 5.44. The minimum atomic E-state index is -0.345. The van der Waals surface area contributed by atoms with Crippen molar-refractivity contribution in [2.75, 3.05) is 23.8 Å². The van der Waals surface area contributed by atoms with Gasteiger partial charge in [-0.05, 0) is 38.5 Å². The molecule has 5 heteroatoms. The smallest absolute Gasteiger partial charge is 0.224 e. The summed E-state index contributed by atoms with van der Waals surface area (Å²) in [7, 11) is 1.93. The molecular weight excluding hydrogens is 243 g/mol.